The minimum Gasteiger partial charge on any atom is -0.497 e. The van der Waals surface area contributed by atoms with Gasteiger partial charge in [-0.2, -0.15) is 0 Å². The van der Waals surface area contributed by atoms with Gasteiger partial charge in [-0.15, -0.1) is 0 Å². The van der Waals surface area contributed by atoms with Gasteiger partial charge in [-0.3, -0.25) is 4.79 Å². The molecule has 2 fully saturated rings. The standard InChI is InChI=1S/C24H32N4O2/c1-17-22(16-19-7-6-10-21(15-19)30-3)23(26-18(2)25-17)27-11-13-28(14-12-27)24(29)20-8-4-5-9-20/h6-7,10,15,20H,4-5,8-9,11-14,16H2,1-3H3. The first-order chi connectivity index (χ1) is 14.5. The minimum absolute atomic E-state index is 0.253. The van der Waals surface area contributed by atoms with Gasteiger partial charge in [0.05, 0.1) is 7.11 Å². The summed E-state index contributed by atoms with van der Waals surface area (Å²) in [6, 6.07) is 8.17. The highest BCUT2D eigenvalue weighted by atomic mass is 16.5. The molecule has 2 aromatic rings. The molecule has 6 nitrogen and oxygen atoms in total. The lowest BCUT2D eigenvalue weighted by Gasteiger charge is -2.37. The fourth-order valence-electron chi connectivity index (χ4n) is 4.74. The summed E-state index contributed by atoms with van der Waals surface area (Å²) in [6.45, 7) is 7.20. The number of carbonyl (C=O) groups is 1. The van der Waals surface area contributed by atoms with Crippen molar-refractivity contribution in [1.82, 2.24) is 14.9 Å². The van der Waals surface area contributed by atoms with Gasteiger partial charge in [-0.25, -0.2) is 9.97 Å². The third-order valence-electron chi connectivity index (χ3n) is 6.41. The molecule has 30 heavy (non-hydrogen) atoms. The fraction of sp³-hybridized carbons (Fsp3) is 0.542. The Morgan fingerprint density at radius 3 is 2.53 bits per heavy atom. The van der Waals surface area contributed by atoms with Crippen molar-refractivity contribution in [3.8, 4) is 5.75 Å². The van der Waals surface area contributed by atoms with Gasteiger partial charge in [0.2, 0.25) is 5.91 Å². The number of methoxy groups -OCH3 is 1. The Morgan fingerprint density at radius 2 is 1.83 bits per heavy atom. The maximum absolute atomic E-state index is 12.8. The predicted octanol–water partition coefficient (Wildman–Crippen LogP) is 3.53. The summed E-state index contributed by atoms with van der Waals surface area (Å²) in [6.07, 6.45) is 5.29. The van der Waals surface area contributed by atoms with Crippen molar-refractivity contribution in [2.75, 3.05) is 38.2 Å². The number of aryl methyl sites for hydroxylation is 2. The van der Waals surface area contributed by atoms with Gasteiger partial charge < -0.3 is 14.5 Å². The molecule has 0 bridgehead atoms. The monoisotopic (exact) mass is 408 g/mol. The zero-order chi connectivity index (χ0) is 21.1. The number of benzene rings is 1. The molecule has 2 aliphatic rings. The van der Waals surface area contributed by atoms with Crippen LogP contribution < -0.4 is 9.64 Å². The molecule has 0 unspecified atom stereocenters. The van der Waals surface area contributed by atoms with Gasteiger partial charge in [0.1, 0.15) is 17.4 Å². The van der Waals surface area contributed by atoms with Crippen molar-refractivity contribution in [1.29, 1.82) is 0 Å². The van der Waals surface area contributed by atoms with Gasteiger partial charge in [-0.1, -0.05) is 25.0 Å². The molecule has 1 aromatic carbocycles. The fourth-order valence-corrected chi connectivity index (χ4v) is 4.74. The molecule has 1 aromatic heterocycles. The van der Waals surface area contributed by atoms with Crippen LogP contribution in [0, 0.1) is 19.8 Å². The Bertz CT molecular complexity index is 900. The Kier molecular flexibility index (Phi) is 6.21. The van der Waals surface area contributed by atoms with Crippen LogP contribution in [0.25, 0.3) is 0 Å². The molecular formula is C24H32N4O2. The van der Waals surface area contributed by atoms with E-state index in [1.807, 2.05) is 19.1 Å². The molecule has 1 saturated carbocycles. The normalized spacial score (nSPS) is 17.4. The molecule has 0 spiro atoms. The first-order valence-electron chi connectivity index (χ1n) is 11.1. The van der Waals surface area contributed by atoms with Gasteiger partial charge in [0.25, 0.3) is 0 Å². The highest BCUT2D eigenvalue weighted by Gasteiger charge is 2.30. The summed E-state index contributed by atoms with van der Waals surface area (Å²) in [5.74, 6) is 3.28. The molecule has 0 atom stereocenters. The van der Waals surface area contributed by atoms with Gasteiger partial charge >= 0.3 is 0 Å². The van der Waals surface area contributed by atoms with E-state index in [0.29, 0.717) is 5.91 Å². The van der Waals surface area contributed by atoms with Crippen LogP contribution in [0.15, 0.2) is 24.3 Å². The van der Waals surface area contributed by atoms with Crippen molar-refractivity contribution in [3.05, 3.63) is 46.9 Å². The molecule has 0 N–H and O–H groups in total. The van der Waals surface area contributed by atoms with E-state index in [2.05, 4.69) is 33.8 Å². The number of hydrogen-bond donors (Lipinski definition) is 0. The van der Waals surface area contributed by atoms with Gasteiger partial charge in [0, 0.05) is 49.8 Å². The number of aromatic nitrogens is 2. The number of amides is 1. The second-order valence-corrected chi connectivity index (χ2v) is 8.48. The summed E-state index contributed by atoms with van der Waals surface area (Å²) in [5.41, 5.74) is 3.36. The molecule has 1 amide bonds. The summed E-state index contributed by atoms with van der Waals surface area (Å²) < 4.78 is 5.39. The highest BCUT2D eigenvalue weighted by Crippen LogP contribution is 2.29. The predicted molar refractivity (Wildman–Crippen MR) is 118 cm³/mol. The zero-order valence-corrected chi connectivity index (χ0v) is 18.4. The first kappa shape index (κ1) is 20.6. The minimum atomic E-state index is 0.253. The van der Waals surface area contributed by atoms with Gasteiger partial charge in [-0.05, 0) is 44.4 Å². The van der Waals surface area contributed by atoms with Crippen LogP contribution in [-0.4, -0.2) is 54.1 Å². The van der Waals surface area contributed by atoms with Gasteiger partial charge in [0.15, 0.2) is 0 Å². The maximum Gasteiger partial charge on any atom is 0.225 e. The van der Waals surface area contributed by atoms with E-state index < -0.39 is 0 Å². The molecule has 160 valence electrons. The van der Waals surface area contributed by atoms with Crippen LogP contribution in [0.1, 0.15) is 48.3 Å². The second-order valence-electron chi connectivity index (χ2n) is 8.48. The lowest BCUT2D eigenvalue weighted by atomic mass is 10.0. The zero-order valence-electron chi connectivity index (χ0n) is 18.4. The Balaban J connectivity index is 1.51. The number of piperazine rings is 1. The molecule has 1 aliphatic heterocycles. The number of ether oxygens (including phenoxy) is 1. The molecule has 2 heterocycles. The molecule has 6 heteroatoms. The van der Waals surface area contributed by atoms with Crippen molar-refractivity contribution >= 4 is 11.7 Å². The largest absolute Gasteiger partial charge is 0.497 e. The number of nitrogens with zero attached hydrogens (tertiary/aromatic N) is 4. The maximum atomic E-state index is 12.8. The summed E-state index contributed by atoms with van der Waals surface area (Å²) >= 11 is 0. The number of carbonyl (C=O) groups excluding carboxylic acids is 1. The molecular weight excluding hydrogens is 376 g/mol. The number of anilines is 1. The third-order valence-corrected chi connectivity index (χ3v) is 6.41. The lowest BCUT2D eigenvalue weighted by Crippen LogP contribution is -2.50. The quantitative estimate of drug-likeness (QED) is 0.757. The van der Waals surface area contributed by atoms with E-state index in [4.69, 9.17) is 9.72 Å². The van der Waals surface area contributed by atoms with Crippen molar-refractivity contribution in [2.45, 2.75) is 46.0 Å². The average molecular weight is 409 g/mol. The Labute approximate surface area is 179 Å². The van der Waals surface area contributed by atoms with Crippen LogP contribution in [0.2, 0.25) is 0 Å². The Morgan fingerprint density at radius 1 is 1.10 bits per heavy atom. The second kappa shape index (κ2) is 9.02. The van der Waals surface area contributed by atoms with E-state index in [1.54, 1.807) is 7.11 Å². The third kappa shape index (κ3) is 4.42. The number of rotatable bonds is 5. The van der Waals surface area contributed by atoms with E-state index in [1.165, 1.54) is 18.4 Å². The van der Waals surface area contributed by atoms with E-state index >= 15 is 0 Å². The summed E-state index contributed by atoms with van der Waals surface area (Å²) in [7, 11) is 1.69. The van der Waals surface area contributed by atoms with E-state index in [-0.39, 0.29) is 5.92 Å². The summed E-state index contributed by atoms with van der Waals surface area (Å²) in [4.78, 5) is 26.6. The SMILES string of the molecule is COc1cccc(Cc2c(C)nc(C)nc2N2CCN(C(=O)C3CCCC3)CC2)c1. The smallest absolute Gasteiger partial charge is 0.225 e. The molecule has 1 saturated heterocycles. The van der Waals surface area contributed by atoms with E-state index in [0.717, 1.165) is 74.1 Å². The molecule has 0 radical (unpaired) electrons. The van der Waals surface area contributed by atoms with Crippen LogP contribution in [0.5, 0.6) is 5.75 Å². The number of hydrogen-bond acceptors (Lipinski definition) is 5. The topological polar surface area (TPSA) is 58.6 Å². The average Bonchev–Trinajstić information content (AvgIpc) is 3.30. The molecule has 1 aliphatic carbocycles. The van der Waals surface area contributed by atoms with Crippen LogP contribution in [0.4, 0.5) is 5.82 Å². The van der Waals surface area contributed by atoms with Crippen molar-refractivity contribution < 1.29 is 9.53 Å². The van der Waals surface area contributed by atoms with Crippen molar-refractivity contribution in [2.24, 2.45) is 5.92 Å². The van der Waals surface area contributed by atoms with Crippen LogP contribution >= 0.6 is 0 Å². The van der Waals surface area contributed by atoms with E-state index in [9.17, 15) is 4.79 Å². The highest BCUT2D eigenvalue weighted by molar-refractivity contribution is 5.79. The Hall–Kier alpha value is -2.63. The summed E-state index contributed by atoms with van der Waals surface area (Å²) in [5, 5.41) is 0. The molecule has 4 rings (SSSR count). The lowest BCUT2D eigenvalue weighted by molar-refractivity contribution is -0.135. The van der Waals surface area contributed by atoms with Crippen LogP contribution in [-0.2, 0) is 11.2 Å². The first-order valence-corrected chi connectivity index (χ1v) is 11.1. The van der Waals surface area contributed by atoms with Crippen LogP contribution in [0.3, 0.4) is 0 Å². The van der Waals surface area contributed by atoms with Crippen molar-refractivity contribution in [3.63, 3.8) is 0 Å².